The van der Waals surface area contributed by atoms with Crippen molar-refractivity contribution in [2.24, 2.45) is 5.92 Å². The molecular weight excluding hydrogens is 290 g/mol. The Bertz CT molecular complexity index is 458. The summed E-state index contributed by atoms with van der Waals surface area (Å²) in [6, 6.07) is 3.80. The zero-order valence-corrected chi connectivity index (χ0v) is 13.3. The molecule has 0 radical (unpaired) electrons. The van der Waals surface area contributed by atoms with Crippen LogP contribution in [0.5, 0.6) is 0 Å². The molecule has 1 saturated heterocycles. The van der Waals surface area contributed by atoms with Crippen molar-refractivity contribution in [2.45, 2.75) is 13.5 Å². The highest BCUT2D eigenvalue weighted by molar-refractivity contribution is 6.30. The van der Waals surface area contributed by atoms with E-state index in [1.165, 1.54) is 0 Å². The van der Waals surface area contributed by atoms with Crippen molar-refractivity contribution >= 4 is 17.5 Å². The Morgan fingerprint density at radius 2 is 2.10 bits per heavy atom. The van der Waals surface area contributed by atoms with Gasteiger partial charge in [-0.1, -0.05) is 18.5 Å². The van der Waals surface area contributed by atoms with Gasteiger partial charge in [-0.15, -0.1) is 0 Å². The van der Waals surface area contributed by atoms with E-state index >= 15 is 0 Å². The largest absolute Gasteiger partial charge is 0.384 e. The van der Waals surface area contributed by atoms with Gasteiger partial charge in [-0.3, -0.25) is 14.7 Å². The molecule has 1 amide bonds. The molecule has 1 atom stereocenters. The highest BCUT2D eigenvalue weighted by Crippen LogP contribution is 2.12. The molecule has 21 heavy (non-hydrogen) atoms. The number of hydrogen-bond donors (Lipinski definition) is 0. The Hall–Kier alpha value is -1.17. The van der Waals surface area contributed by atoms with Crippen molar-refractivity contribution in [1.29, 1.82) is 0 Å². The lowest BCUT2D eigenvalue weighted by Crippen LogP contribution is -2.50. The lowest BCUT2D eigenvalue weighted by molar-refractivity contribution is -0.138. The topological polar surface area (TPSA) is 45.7 Å². The number of hydrogen-bond acceptors (Lipinski definition) is 4. The number of ether oxygens (including phenoxy) is 1. The van der Waals surface area contributed by atoms with Gasteiger partial charge < -0.3 is 9.64 Å². The van der Waals surface area contributed by atoms with E-state index in [-0.39, 0.29) is 11.8 Å². The van der Waals surface area contributed by atoms with Crippen molar-refractivity contribution in [3.63, 3.8) is 0 Å². The fourth-order valence-electron chi connectivity index (χ4n) is 2.49. The van der Waals surface area contributed by atoms with E-state index in [0.29, 0.717) is 11.6 Å². The quantitative estimate of drug-likeness (QED) is 0.830. The molecule has 6 heteroatoms. The lowest BCUT2D eigenvalue weighted by atomic mass is 10.1. The first-order chi connectivity index (χ1) is 10.1. The van der Waals surface area contributed by atoms with E-state index < -0.39 is 0 Å². The van der Waals surface area contributed by atoms with Gasteiger partial charge in [0.05, 0.1) is 23.2 Å². The highest BCUT2D eigenvalue weighted by Gasteiger charge is 2.24. The second-order valence-electron chi connectivity index (χ2n) is 5.43. The number of carbonyl (C=O) groups excluding carboxylic acids is 1. The minimum absolute atomic E-state index is 0.0699. The minimum atomic E-state index is -0.0699. The third kappa shape index (κ3) is 4.66. The van der Waals surface area contributed by atoms with Gasteiger partial charge in [0.1, 0.15) is 0 Å². The van der Waals surface area contributed by atoms with Crippen LogP contribution in [-0.2, 0) is 16.1 Å². The van der Waals surface area contributed by atoms with E-state index in [0.717, 1.165) is 38.4 Å². The summed E-state index contributed by atoms with van der Waals surface area (Å²) in [4.78, 5) is 20.7. The van der Waals surface area contributed by atoms with Gasteiger partial charge in [0.15, 0.2) is 0 Å². The molecule has 2 rings (SSSR count). The molecular formula is C15H22ClN3O2. The monoisotopic (exact) mass is 311 g/mol. The average molecular weight is 312 g/mol. The third-order valence-corrected chi connectivity index (χ3v) is 3.92. The molecule has 116 valence electrons. The number of halogens is 1. The second-order valence-corrected chi connectivity index (χ2v) is 5.86. The third-order valence-electron chi connectivity index (χ3n) is 3.70. The summed E-state index contributed by atoms with van der Waals surface area (Å²) in [5, 5.41) is 0.654. The molecule has 0 aromatic carbocycles. The van der Waals surface area contributed by atoms with Crippen LogP contribution < -0.4 is 0 Å². The molecule has 1 aliphatic rings. The van der Waals surface area contributed by atoms with Crippen LogP contribution >= 0.6 is 11.6 Å². The maximum atomic E-state index is 12.2. The van der Waals surface area contributed by atoms with E-state index in [2.05, 4.69) is 9.88 Å². The van der Waals surface area contributed by atoms with Crippen LogP contribution in [0.3, 0.4) is 0 Å². The van der Waals surface area contributed by atoms with E-state index in [1.807, 2.05) is 24.0 Å². The number of carbonyl (C=O) groups is 1. The molecule has 1 unspecified atom stereocenters. The molecule has 5 nitrogen and oxygen atoms in total. The molecule has 2 heterocycles. The maximum Gasteiger partial charge on any atom is 0.227 e. The first kappa shape index (κ1) is 16.2. The molecule has 1 aromatic rings. The van der Waals surface area contributed by atoms with Crippen LogP contribution in [0, 0.1) is 5.92 Å². The van der Waals surface area contributed by atoms with E-state index in [9.17, 15) is 4.79 Å². The lowest BCUT2D eigenvalue weighted by Gasteiger charge is -2.35. The zero-order chi connectivity index (χ0) is 15.2. The van der Waals surface area contributed by atoms with Crippen molar-refractivity contribution < 1.29 is 9.53 Å². The molecule has 0 N–H and O–H groups in total. The van der Waals surface area contributed by atoms with Gasteiger partial charge in [-0.2, -0.15) is 0 Å². The fraction of sp³-hybridized carbons (Fsp3) is 0.600. The zero-order valence-electron chi connectivity index (χ0n) is 12.6. The summed E-state index contributed by atoms with van der Waals surface area (Å²) in [7, 11) is 1.63. The number of piperazine rings is 1. The number of nitrogens with zero attached hydrogens (tertiary/aromatic N) is 3. The Kier molecular flexibility index (Phi) is 5.96. The number of pyridine rings is 1. The van der Waals surface area contributed by atoms with Crippen LogP contribution in [0.15, 0.2) is 18.3 Å². The van der Waals surface area contributed by atoms with Crippen molar-refractivity contribution in [3.8, 4) is 0 Å². The number of amides is 1. The van der Waals surface area contributed by atoms with Crippen molar-refractivity contribution in [2.75, 3.05) is 39.9 Å². The molecule has 0 aliphatic carbocycles. The summed E-state index contributed by atoms with van der Waals surface area (Å²) >= 11 is 5.83. The predicted octanol–water partition coefficient (Wildman–Crippen LogP) is 1.66. The average Bonchev–Trinajstić information content (AvgIpc) is 2.50. The van der Waals surface area contributed by atoms with Gasteiger partial charge >= 0.3 is 0 Å². The van der Waals surface area contributed by atoms with Crippen LogP contribution in [0.4, 0.5) is 0 Å². The molecule has 0 saturated carbocycles. The molecule has 0 spiro atoms. The number of rotatable bonds is 5. The highest BCUT2D eigenvalue weighted by atomic mass is 35.5. The summed E-state index contributed by atoms with van der Waals surface area (Å²) in [5.41, 5.74) is 1.01. The van der Waals surface area contributed by atoms with Gasteiger partial charge in [-0.25, -0.2) is 0 Å². The van der Waals surface area contributed by atoms with Crippen molar-refractivity contribution in [1.82, 2.24) is 14.8 Å². The van der Waals surface area contributed by atoms with E-state index in [4.69, 9.17) is 16.3 Å². The molecule has 1 fully saturated rings. The SMILES string of the molecule is COCC(C)C(=O)N1CCN(Cc2ccc(Cl)cn2)CC1. The summed E-state index contributed by atoms with van der Waals surface area (Å²) in [6.07, 6.45) is 1.67. The molecule has 1 aromatic heterocycles. The van der Waals surface area contributed by atoms with Crippen LogP contribution in [0.25, 0.3) is 0 Å². The number of aromatic nitrogens is 1. The van der Waals surface area contributed by atoms with Gasteiger partial charge in [-0.05, 0) is 12.1 Å². The summed E-state index contributed by atoms with van der Waals surface area (Å²) in [6.45, 7) is 6.46. The van der Waals surface area contributed by atoms with Gasteiger partial charge in [0.25, 0.3) is 0 Å². The molecule has 0 bridgehead atoms. The Morgan fingerprint density at radius 3 is 2.67 bits per heavy atom. The first-order valence-corrected chi connectivity index (χ1v) is 7.58. The smallest absolute Gasteiger partial charge is 0.227 e. The van der Waals surface area contributed by atoms with Gasteiger partial charge in [0, 0.05) is 46.0 Å². The summed E-state index contributed by atoms with van der Waals surface area (Å²) in [5.74, 6) is 0.112. The van der Waals surface area contributed by atoms with Crippen molar-refractivity contribution in [3.05, 3.63) is 29.0 Å². The Balaban J connectivity index is 1.80. The second kappa shape index (κ2) is 7.73. The van der Waals surface area contributed by atoms with Crippen LogP contribution in [-0.4, -0.2) is 60.6 Å². The predicted molar refractivity (Wildman–Crippen MR) is 82.1 cm³/mol. The maximum absolute atomic E-state index is 12.2. The van der Waals surface area contributed by atoms with Gasteiger partial charge in [0.2, 0.25) is 5.91 Å². The standard InChI is InChI=1S/C15H22ClN3O2/c1-12(11-21-2)15(20)19-7-5-18(6-8-19)10-14-4-3-13(16)9-17-14/h3-4,9,12H,5-8,10-11H2,1-2H3. The summed E-state index contributed by atoms with van der Waals surface area (Å²) < 4.78 is 5.05. The van der Waals surface area contributed by atoms with Crippen LogP contribution in [0.2, 0.25) is 5.02 Å². The fourth-order valence-corrected chi connectivity index (χ4v) is 2.60. The first-order valence-electron chi connectivity index (χ1n) is 7.20. The molecule has 1 aliphatic heterocycles. The normalized spacial score (nSPS) is 17.8. The Labute approximate surface area is 130 Å². The number of methoxy groups -OCH3 is 1. The van der Waals surface area contributed by atoms with Crippen LogP contribution in [0.1, 0.15) is 12.6 Å². The Morgan fingerprint density at radius 1 is 1.38 bits per heavy atom. The van der Waals surface area contributed by atoms with E-state index in [1.54, 1.807) is 13.3 Å². The minimum Gasteiger partial charge on any atom is -0.384 e.